The van der Waals surface area contributed by atoms with Gasteiger partial charge in [-0.3, -0.25) is 0 Å². The smallest absolute Gasteiger partial charge is 0.129 e. The molecule has 0 aromatic heterocycles. The van der Waals surface area contributed by atoms with E-state index in [9.17, 15) is 4.39 Å². The van der Waals surface area contributed by atoms with Crippen molar-refractivity contribution < 1.29 is 4.39 Å². The second-order valence-electron chi connectivity index (χ2n) is 4.87. The van der Waals surface area contributed by atoms with Gasteiger partial charge in [-0.1, -0.05) is 32.0 Å². The van der Waals surface area contributed by atoms with Crippen LogP contribution in [-0.4, -0.2) is 0 Å². The summed E-state index contributed by atoms with van der Waals surface area (Å²) in [6, 6.07) is 13.1. The molecule has 0 spiro atoms. The van der Waals surface area contributed by atoms with Crippen LogP contribution in [0.1, 0.15) is 30.9 Å². The Bertz CT molecular complexity index is 547. The van der Waals surface area contributed by atoms with Crippen LogP contribution in [0.25, 0.3) is 0 Å². The van der Waals surface area contributed by atoms with Crippen LogP contribution >= 0.6 is 0 Å². The molecule has 2 nitrogen and oxygen atoms in total. The molecule has 0 unspecified atom stereocenters. The number of hydrogen-bond acceptors (Lipinski definition) is 2. The number of nitrogens with two attached hydrogens (primary N) is 1. The standard InChI is InChI=1S/C16H19FN2/c1-11(2)12-6-8-13(9-7-12)19-16-5-3-4-15(17)14(16)10-18/h3-9,11,19H,10,18H2,1-2H3. The molecule has 0 aliphatic heterocycles. The summed E-state index contributed by atoms with van der Waals surface area (Å²) in [5.41, 5.74) is 9.04. The highest BCUT2D eigenvalue weighted by atomic mass is 19.1. The largest absolute Gasteiger partial charge is 0.355 e. The third kappa shape index (κ3) is 3.12. The number of halogens is 1. The average molecular weight is 258 g/mol. The van der Waals surface area contributed by atoms with E-state index in [2.05, 4.69) is 31.3 Å². The molecule has 19 heavy (non-hydrogen) atoms. The lowest BCUT2D eigenvalue weighted by molar-refractivity contribution is 0.611. The lowest BCUT2D eigenvalue weighted by atomic mass is 10.0. The van der Waals surface area contributed by atoms with Crippen molar-refractivity contribution >= 4 is 11.4 Å². The number of rotatable bonds is 4. The zero-order chi connectivity index (χ0) is 13.8. The Labute approximate surface area is 113 Å². The summed E-state index contributed by atoms with van der Waals surface area (Å²) in [5, 5.41) is 3.21. The second-order valence-corrected chi connectivity index (χ2v) is 4.87. The first-order chi connectivity index (χ1) is 9.11. The predicted octanol–water partition coefficient (Wildman–Crippen LogP) is 4.15. The minimum atomic E-state index is -0.272. The van der Waals surface area contributed by atoms with Gasteiger partial charge in [-0.15, -0.1) is 0 Å². The fourth-order valence-corrected chi connectivity index (χ4v) is 1.99. The number of benzene rings is 2. The first kappa shape index (κ1) is 13.6. The fraction of sp³-hybridized carbons (Fsp3) is 0.250. The van der Waals surface area contributed by atoms with Crippen molar-refractivity contribution in [2.75, 3.05) is 5.32 Å². The summed E-state index contributed by atoms with van der Waals surface area (Å²) >= 11 is 0. The van der Waals surface area contributed by atoms with Crippen LogP contribution in [-0.2, 0) is 6.54 Å². The Morgan fingerprint density at radius 2 is 1.79 bits per heavy atom. The van der Waals surface area contributed by atoms with Gasteiger partial charge in [0.2, 0.25) is 0 Å². The number of nitrogens with one attached hydrogen (secondary N) is 1. The van der Waals surface area contributed by atoms with Crippen LogP contribution in [0.4, 0.5) is 15.8 Å². The molecule has 0 saturated heterocycles. The van der Waals surface area contributed by atoms with Crippen molar-refractivity contribution in [3.8, 4) is 0 Å². The van der Waals surface area contributed by atoms with Gasteiger partial charge in [-0.25, -0.2) is 4.39 Å². The van der Waals surface area contributed by atoms with Gasteiger partial charge in [0.25, 0.3) is 0 Å². The van der Waals surface area contributed by atoms with Crippen LogP contribution < -0.4 is 11.1 Å². The first-order valence-electron chi connectivity index (χ1n) is 6.46. The molecule has 0 saturated carbocycles. The fourth-order valence-electron chi connectivity index (χ4n) is 1.99. The van der Waals surface area contributed by atoms with E-state index in [1.807, 2.05) is 18.2 Å². The van der Waals surface area contributed by atoms with Gasteiger partial charge in [-0.05, 0) is 35.7 Å². The summed E-state index contributed by atoms with van der Waals surface area (Å²) in [6.07, 6.45) is 0. The van der Waals surface area contributed by atoms with E-state index in [4.69, 9.17) is 5.73 Å². The monoisotopic (exact) mass is 258 g/mol. The maximum Gasteiger partial charge on any atom is 0.129 e. The second kappa shape index (κ2) is 5.85. The molecule has 0 amide bonds. The molecular formula is C16H19FN2. The summed E-state index contributed by atoms with van der Waals surface area (Å²) in [6.45, 7) is 4.49. The lowest BCUT2D eigenvalue weighted by Crippen LogP contribution is -2.04. The number of hydrogen-bond donors (Lipinski definition) is 2. The van der Waals surface area contributed by atoms with Gasteiger partial charge in [0, 0.05) is 23.5 Å². The highest BCUT2D eigenvalue weighted by molar-refractivity contribution is 5.63. The highest BCUT2D eigenvalue weighted by Gasteiger charge is 2.07. The summed E-state index contributed by atoms with van der Waals surface area (Å²) in [4.78, 5) is 0. The Morgan fingerprint density at radius 1 is 1.11 bits per heavy atom. The molecule has 0 radical (unpaired) electrons. The SMILES string of the molecule is CC(C)c1ccc(Nc2cccc(F)c2CN)cc1. The zero-order valence-electron chi connectivity index (χ0n) is 11.3. The van der Waals surface area contributed by atoms with Crippen molar-refractivity contribution in [2.24, 2.45) is 5.73 Å². The molecule has 0 bridgehead atoms. The summed E-state index contributed by atoms with van der Waals surface area (Å²) in [7, 11) is 0. The van der Waals surface area contributed by atoms with Crippen molar-refractivity contribution in [1.29, 1.82) is 0 Å². The van der Waals surface area contributed by atoms with Crippen molar-refractivity contribution in [3.05, 3.63) is 59.4 Å². The Balaban J connectivity index is 2.24. The molecule has 2 rings (SSSR count). The molecular weight excluding hydrogens is 239 g/mol. The number of anilines is 2. The normalized spacial score (nSPS) is 10.8. The lowest BCUT2D eigenvalue weighted by Gasteiger charge is -2.12. The third-order valence-electron chi connectivity index (χ3n) is 3.18. The van der Waals surface area contributed by atoms with Gasteiger partial charge >= 0.3 is 0 Å². The summed E-state index contributed by atoms with van der Waals surface area (Å²) < 4.78 is 13.6. The first-order valence-corrected chi connectivity index (χ1v) is 6.46. The highest BCUT2D eigenvalue weighted by Crippen LogP contribution is 2.24. The van der Waals surface area contributed by atoms with Crippen LogP contribution in [0, 0.1) is 5.82 Å². The maximum absolute atomic E-state index is 13.6. The molecule has 3 N–H and O–H groups in total. The molecule has 0 aliphatic carbocycles. The van der Waals surface area contributed by atoms with Gasteiger partial charge < -0.3 is 11.1 Å². The Morgan fingerprint density at radius 3 is 2.37 bits per heavy atom. The topological polar surface area (TPSA) is 38.0 Å². The van der Waals surface area contributed by atoms with Crippen molar-refractivity contribution in [3.63, 3.8) is 0 Å². The van der Waals surface area contributed by atoms with Gasteiger partial charge in [0.15, 0.2) is 0 Å². The van der Waals surface area contributed by atoms with Crippen LogP contribution in [0.15, 0.2) is 42.5 Å². The molecule has 0 aliphatic rings. The Kier molecular flexibility index (Phi) is 4.17. The minimum Gasteiger partial charge on any atom is -0.355 e. The van der Waals surface area contributed by atoms with Crippen LogP contribution in [0.5, 0.6) is 0 Å². The van der Waals surface area contributed by atoms with E-state index in [1.165, 1.54) is 11.6 Å². The van der Waals surface area contributed by atoms with E-state index in [0.29, 0.717) is 11.5 Å². The van der Waals surface area contributed by atoms with Crippen molar-refractivity contribution in [1.82, 2.24) is 0 Å². The molecule has 0 heterocycles. The van der Waals surface area contributed by atoms with Gasteiger partial charge in [0.1, 0.15) is 5.82 Å². The maximum atomic E-state index is 13.6. The Hall–Kier alpha value is -1.87. The van der Waals surface area contributed by atoms with Crippen molar-refractivity contribution in [2.45, 2.75) is 26.3 Å². The molecule has 0 atom stereocenters. The predicted molar refractivity (Wildman–Crippen MR) is 78.1 cm³/mol. The summed E-state index contributed by atoms with van der Waals surface area (Å²) in [5.74, 6) is 0.231. The molecule has 100 valence electrons. The van der Waals surface area contributed by atoms with Crippen LogP contribution in [0.2, 0.25) is 0 Å². The van der Waals surface area contributed by atoms with E-state index < -0.39 is 0 Å². The minimum absolute atomic E-state index is 0.180. The zero-order valence-corrected chi connectivity index (χ0v) is 11.3. The van der Waals surface area contributed by atoms with E-state index in [-0.39, 0.29) is 12.4 Å². The molecule has 2 aromatic rings. The van der Waals surface area contributed by atoms with Crippen LogP contribution in [0.3, 0.4) is 0 Å². The molecule has 0 fully saturated rings. The van der Waals surface area contributed by atoms with Gasteiger partial charge in [-0.2, -0.15) is 0 Å². The van der Waals surface area contributed by atoms with E-state index in [0.717, 1.165) is 11.4 Å². The third-order valence-corrected chi connectivity index (χ3v) is 3.18. The van der Waals surface area contributed by atoms with E-state index in [1.54, 1.807) is 6.07 Å². The van der Waals surface area contributed by atoms with Gasteiger partial charge in [0.05, 0.1) is 0 Å². The van der Waals surface area contributed by atoms with E-state index >= 15 is 0 Å². The average Bonchev–Trinajstić information content (AvgIpc) is 2.39. The molecule has 3 heteroatoms. The molecule has 2 aromatic carbocycles. The quantitative estimate of drug-likeness (QED) is 0.864.